The van der Waals surface area contributed by atoms with Crippen LogP contribution < -0.4 is 11.1 Å². The normalized spacial score (nSPS) is 12.1. The van der Waals surface area contributed by atoms with E-state index in [0.717, 1.165) is 5.01 Å². The Morgan fingerprint density at radius 3 is 3.05 bits per heavy atom. The SMILES string of the molecule is NCCc1nc(C(=O)NCC(O)c2cccc(F)c2)cs1. The largest absolute Gasteiger partial charge is 0.387 e. The number of benzene rings is 1. The summed E-state index contributed by atoms with van der Waals surface area (Å²) in [5, 5.41) is 14.9. The van der Waals surface area contributed by atoms with Gasteiger partial charge < -0.3 is 16.2 Å². The second-order valence-electron chi connectivity index (χ2n) is 4.45. The van der Waals surface area contributed by atoms with Crippen LogP contribution in [0.25, 0.3) is 0 Å². The van der Waals surface area contributed by atoms with Crippen LogP contribution in [0.2, 0.25) is 0 Å². The number of thiazole rings is 1. The first-order chi connectivity index (χ1) is 10.1. The van der Waals surface area contributed by atoms with Gasteiger partial charge in [-0.2, -0.15) is 0 Å². The van der Waals surface area contributed by atoms with Crippen molar-refractivity contribution in [3.63, 3.8) is 0 Å². The molecule has 0 aliphatic heterocycles. The Bertz CT molecular complexity index is 618. The van der Waals surface area contributed by atoms with Crippen molar-refractivity contribution < 1.29 is 14.3 Å². The first-order valence-electron chi connectivity index (χ1n) is 6.46. The summed E-state index contributed by atoms with van der Waals surface area (Å²) in [5.41, 5.74) is 6.14. The number of hydrogen-bond donors (Lipinski definition) is 3. The molecule has 7 heteroatoms. The molecule has 0 spiro atoms. The molecule has 1 atom stereocenters. The van der Waals surface area contributed by atoms with Gasteiger partial charge in [-0.25, -0.2) is 9.37 Å². The zero-order valence-corrected chi connectivity index (χ0v) is 12.1. The smallest absolute Gasteiger partial charge is 0.270 e. The number of aromatic nitrogens is 1. The number of carbonyl (C=O) groups excluding carboxylic acids is 1. The van der Waals surface area contributed by atoms with E-state index in [0.29, 0.717) is 24.2 Å². The Balaban J connectivity index is 1.91. The lowest BCUT2D eigenvalue weighted by Gasteiger charge is -2.11. The van der Waals surface area contributed by atoms with Crippen molar-refractivity contribution in [1.29, 1.82) is 0 Å². The van der Waals surface area contributed by atoms with E-state index in [1.54, 1.807) is 11.4 Å². The van der Waals surface area contributed by atoms with Crippen molar-refractivity contribution in [3.8, 4) is 0 Å². The minimum absolute atomic E-state index is 0.00790. The summed E-state index contributed by atoms with van der Waals surface area (Å²) in [6.07, 6.45) is -0.337. The van der Waals surface area contributed by atoms with Gasteiger partial charge in [0, 0.05) is 18.3 Å². The van der Waals surface area contributed by atoms with Gasteiger partial charge in [-0.05, 0) is 24.2 Å². The van der Waals surface area contributed by atoms with Crippen LogP contribution >= 0.6 is 11.3 Å². The highest BCUT2D eigenvalue weighted by molar-refractivity contribution is 7.09. The zero-order valence-electron chi connectivity index (χ0n) is 11.3. The van der Waals surface area contributed by atoms with Crippen molar-refractivity contribution in [2.45, 2.75) is 12.5 Å². The van der Waals surface area contributed by atoms with Gasteiger partial charge in [-0.15, -0.1) is 11.3 Å². The predicted molar refractivity (Wildman–Crippen MR) is 78.6 cm³/mol. The monoisotopic (exact) mass is 309 g/mol. The van der Waals surface area contributed by atoms with Gasteiger partial charge >= 0.3 is 0 Å². The van der Waals surface area contributed by atoms with Gasteiger partial charge in [0.1, 0.15) is 11.5 Å². The summed E-state index contributed by atoms with van der Waals surface area (Å²) in [4.78, 5) is 16.0. The molecule has 1 unspecified atom stereocenters. The summed E-state index contributed by atoms with van der Waals surface area (Å²) in [6, 6.07) is 5.64. The Morgan fingerprint density at radius 2 is 2.33 bits per heavy atom. The first kappa shape index (κ1) is 15.6. The van der Waals surface area contributed by atoms with E-state index in [4.69, 9.17) is 5.73 Å². The van der Waals surface area contributed by atoms with Gasteiger partial charge in [0.15, 0.2) is 0 Å². The molecule has 0 radical (unpaired) electrons. The number of hydrogen-bond acceptors (Lipinski definition) is 5. The molecule has 0 aliphatic rings. The second-order valence-corrected chi connectivity index (χ2v) is 5.39. The van der Waals surface area contributed by atoms with Crippen LogP contribution in [-0.4, -0.2) is 29.1 Å². The summed E-state index contributed by atoms with van der Waals surface area (Å²) >= 11 is 1.37. The maximum Gasteiger partial charge on any atom is 0.270 e. The molecule has 1 aromatic carbocycles. The van der Waals surface area contributed by atoms with Crippen LogP contribution in [0, 0.1) is 5.82 Å². The Kier molecular flexibility index (Phi) is 5.38. The molecule has 5 nitrogen and oxygen atoms in total. The predicted octanol–water partition coefficient (Wildman–Crippen LogP) is 1.25. The number of nitrogens with one attached hydrogen (secondary N) is 1. The van der Waals surface area contributed by atoms with E-state index in [1.807, 2.05) is 0 Å². The molecule has 2 aromatic rings. The van der Waals surface area contributed by atoms with E-state index in [1.165, 1.54) is 29.5 Å². The molecule has 2 rings (SSSR count). The minimum Gasteiger partial charge on any atom is -0.387 e. The summed E-state index contributed by atoms with van der Waals surface area (Å²) in [6.45, 7) is 0.471. The number of nitrogens with two attached hydrogens (primary N) is 1. The zero-order chi connectivity index (χ0) is 15.2. The number of nitrogens with zero attached hydrogens (tertiary/aromatic N) is 1. The van der Waals surface area contributed by atoms with E-state index < -0.39 is 11.9 Å². The molecular formula is C14H16FN3O2S. The van der Waals surface area contributed by atoms with Gasteiger partial charge in [-0.3, -0.25) is 4.79 Å². The standard InChI is InChI=1S/C14H16FN3O2S/c15-10-3-1-2-9(6-10)12(19)7-17-14(20)11-8-21-13(18-11)4-5-16/h1-3,6,8,12,19H,4-5,7,16H2,(H,17,20). The quantitative estimate of drug-likeness (QED) is 0.749. The molecule has 0 saturated heterocycles. The molecule has 112 valence electrons. The summed E-state index contributed by atoms with van der Waals surface area (Å²) in [7, 11) is 0. The maximum absolute atomic E-state index is 13.0. The highest BCUT2D eigenvalue weighted by Gasteiger charge is 2.13. The fraction of sp³-hybridized carbons (Fsp3) is 0.286. The topological polar surface area (TPSA) is 88.2 Å². The van der Waals surface area contributed by atoms with Gasteiger partial charge in [0.05, 0.1) is 11.1 Å². The highest BCUT2D eigenvalue weighted by Crippen LogP contribution is 2.14. The second kappa shape index (κ2) is 7.26. The lowest BCUT2D eigenvalue weighted by atomic mass is 10.1. The molecule has 0 bridgehead atoms. The van der Waals surface area contributed by atoms with Gasteiger partial charge in [0.2, 0.25) is 0 Å². The van der Waals surface area contributed by atoms with Crippen molar-refractivity contribution in [2.75, 3.05) is 13.1 Å². The highest BCUT2D eigenvalue weighted by atomic mass is 32.1. The van der Waals surface area contributed by atoms with Crippen molar-refractivity contribution in [1.82, 2.24) is 10.3 Å². The average molecular weight is 309 g/mol. The third-order valence-corrected chi connectivity index (χ3v) is 3.74. The lowest BCUT2D eigenvalue weighted by Crippen LogP contribution is -2.28. The van der Waals surface area contributed by atoms with Crippen LogP contribution in [0.4, 0.5) is 4.39 Å². The van der Waals surface area contributed by atoms with Crippen molar-refractivity contribution in [2.24, 2.45) is 5.73 Å². The number of aliphatic hydroxyl groups excluding tert-OH is 1. The maximum atomic E-state index is 13.0. The van der Waals surface area contributed by atoms with Crippen LogP contribution in [-0.2, 0) is 6.42 Å². The first-order valence-corrected chi connectivity index (χ1v) is 7.34. The Hall–Kier alpha value is -1.83. The Labute approximate surface area is 125 Å². The minimum atomic E-state index is -0.966. The number of halogens is 1. The number of carbonyl (C=O) groups is 1. The molecule has 21 heavy (non-hydrogen) atoms. The summed E-state index contributed by atoms with van der Waals surface area (Å²) < 4.78 is 13.0. The van der Waals surface area contributed by atoms with Crippen LogP contribution in [0.1, 0.15) is 27.2 Å². The number of amides is 1. The van der Waals surface area contributed by atoms with Crippen molar-refractivity contribution in [3.05, 3.63) is 51.7 Å². The molecule has 0 fully saturated rings. The molecule has 4 N–H and O–H groups in total. The average Bonchev–Trinajstić information content (AvgIpc) is 2.93. The molecule has 1 aromatic heterocycles. The fourth-order valence-electron chi connectivity index (χ4n) is 1.77. The third kappa shape index (κ3) is 4.32. The molecule has 1 heterocycles. The van der Waals surface area contributed by atoms with Crippen LogP contribution in [0.5, 0.6) is 0 Å². The Morgan fingerprint density at radius 1 is 1.52 bits per heavy atom. The van der Waals surface area contributed by atoms with Crippen LogP contribution in [0.3, 0.4) is 0 Å². The number of aliphatic hydroxyl groups is 1. The van der Waals surface area contributed by atoms with Gasteiger partial charge in [-0.1, -0.05) is 12.1 Å². The fourth-order valence-corrected chi connectivity index (χ4v) is 2.56. The molecular weight excluding hydrogens is 293 g/mol. The van der Waals surface area contributed by atoms with E-state index >= 15 is 0 Å². The van der Waals surface area contributed by atoms with Crippen LogP contribution in [0.15, 0.2) is 29.6 Å². The van der Waals surface area contributed by atoms with E-state index in [2.05, 4.69) is 10.3 Å². The van der Waals surface area contributed by atoms with Gasteiger partial charge in [0.25, 0.3) is 5.91 Å². The van der Waals surface area contributed by atoms with E-state index in [-0.39, 0.29) is 12.5 Å². The van der Waals surface area contributed by atoms with Crippen molar-refractivity contribution >= 4 is 17.2 Å². The molecule has 1 amide bonds. The third-order valence-electron chi connectivity index (χ3n) is 2.83. The number of rotatable bonds is 6. The molecule has 0 aliphatic carbocycles. The summed E-state index contributed by atoms with van der Waals surface area (Å²) in [5.74, 6) is -0.797. The molecule has 0 saturated carbocycles. The van der Waals surface area contributed by atoms with E-state index in [9.17, 15) is 14.3 Å². The lowest BCUT2D eigenvalue weighted by molar-refractivity contribution is 0.0912.